The van der Waals surface area contributed by atoms with E-state index in [4.69, 9.17) is 5.11 Å². The average Bonchev–Trinajstić information content (AvgIpc) is 2.41. The maximum Gasteiger partial charge on any atom is 0.407 e. The lowest BCUT2D eigenvalue weighted by Gasteiger charge is -2.07. The SMILES string of the molecule is Cc1ccc(C(=O)NCCNC(=O)OCCO)cc1. The molecule has 1 aromatic carbocycles. The number of carbonyl (C=O) groups is 2. The van der Waals surface area contributed by atoms with Gasteiger partial charge in [0.15, 0.2) is 0 Å². The summed E-state index contributed by atoms with van der Waals surface area (Å²) in [4.78, 5) is 22.7. The molecule has 6 heteroatoms. The van der Waals surface area contributed by atoms with E-state index < -0.39 is 6.09 Å². The van der Waals surface area contributed by atoms with Gasteiger partial charge in [-0.25, -0.2) is 4.79 Å². The van der Waals surface area contributed by atoms with Gasteiger partial charge in [0.25, 0.3) is 5.91 Å². The van der Waals surface area contributed by atoms with Crippen molar-refractivity contribution in [1.82, 2.24) is 10.6 Å². The van der Waals surface area contributed by atoms with Crippen LogP contribution in [0.1, 0.15) is 15.9 Å². The number of hydrogen-bond acceptors (Lipinski definition) is 4. The molecule has 0 aliphatic heterocycles. The Morgan fingerprint density at radius 3 is 2.42 bits per heavy atom. The summed E-state index contributed by atoms with van der Waals surface area (Å²) in [6.07, 6.45) is -0.612. The van der Waals surface area contributed by atoms with Crippen molar-refractivity contribution in [2.45, 2.75) is 6.92 Å². The van der Waals surface area contributed by atoms with Crippen molar-refractivity contribution in [2.75, 3.05) is 26.3 Å². The number of amides is 2. The van der Waals surface area contributed by atoms with Gasteiger partial charge in [-0.2, -0.15) is 0 Å². The number of rotatable bonds is 6. The van der Waals surface area contributed by atoms with Crippen LogP contribution in [0.5, 0.6) is 0 Å². The number of nitrogens with one attached hydrogen (secondary N) is 2. The molecule has 104 valence electrons. The maximum atomic E-state index is 11.7. The average molecular weight is 266 g/mol. The summed E-state index contributed by atoms with van der Waals surface area (Å²) in [5.41, 5.74) is 1.67. The molecule has 0 heterocycles. The summed E-state index contributed by atoms with van der Waals surface area (Å²) in [7, 11) is 0. The van der Waals surface area contributed by atoms with E-state index in [0.29, 0.717) is 12.1 Å². The van der Waals surface area contributed by atoms with Crippen LogP contribution in [-0.2, 0) is 4.74 Å². The van der Waals surface area contributed by atoms with Crippen LogP contribution in [0.15, 0.2) is 24.3 Å². The van der Waals surface area contributed by atoms with Crippen molar-refractivity contribution in [2.24, 2.45) is 0 Å². The van der Waals surface area contributed by atoms with Gasteiger partial charge >= 0.3 is 6.09 Å². The van der Waals surface area contributed by atoms with E-state index in [1.165, 1.54) is 0 Å². The van der Waals surface area contributed by atoms with E-state index in [9.17, 15) is 9.59 Å². The van der Waals surface area contributed by atoms with Gasteiger partial charge in [-0.1, -0.05) is 17.7 Å². The molecule has 0 bridgehead atoms. The van der Waals surface area contributed by atoms with Crippen molar-refractivity contribution >= 4 is 12.0 Å². The highest BCUT2D eigenvalue weighted by atomic mass is 16.6. The van der Waals surface area contributed by atoms with Crippen LogP contribution in [0.4, 0.5) is 4.79 Å². The highest BCUT2D eigenvalue weighted by molar-refractivity contribution is 5.94. The highest BCUT2D eigenvalue weighted by Gasteiger charge is 2.04. The van der Waals surface area contributed by atoms with Gasteiger partial charge in [0.1, 0.15) is 6.61 Å². The monoisotopic (exact) mass is 266 g/mol. The molecule has 6 nitrogen and oxygen atoms in total. The molecule has 0 aromatic heterocycles. The number of hydrogen-bond donors (Lipinski definition) is 3. The first-order valence-electron chi connectivity index (χ1n) is 6.00. The van der Waals surface area contributed by atoms with Crippen LogP contribution in [0.2, 0.25) is 0 Å². The summed E-state index contributed by atoms with van der Waals surface area (Å²) < 4.78 is 4.58. The molecule has 3 N–H and O–H groups in total. The minimum atomic E-state index is -0.612. The Kier molecular flexibility index (Phi) is 6.38. The standard InChI is InChI=1S/C13H18N2O4/c1-10-2-4-11(5-3-10)12(17)14-6-7-15-13(18)19-9-8-16/h2-5,16H,6-9H2,1H3,(H,14,17)(H,15,18). The molecule has 0 aliphatic carbocycles. The lowest BCUT2D eigenvalue weighted by molar-refractivity contribution is 0.0950. The number of ether oxygens (including phenoxy) is 1. The quantitative estimate of drug-likeness (QED) is 0.652. The maximum absolute atomic E-state index is 11.7. The Labute approximate surface area is 111 Å². The van der Waals surface area contributed by atoms with Crippen molar-refractivity contribution in [3.05, 3.63) is 35.4 Å². The molecule has 0 aliphatic rings. The predicted molar refractivity (Wildman–Crippen MR) is 69.9 cm³/mol. The number of aliphatic hydroxyl groups is 1. The normalized spacial score (nSPS) is 9.79. The van der Waals surface area contributed by atoms with Gasteiger partial charge in [-0.3, -0.25) is 4.79 Å². The van der Waals surface area contributed by atoms with Crippen molar-refractivity contribution in [3.63, 3.8) is 0 Å². The third-order valence-corrected chi connectivity index (χ3v) is 2.32. The molecule has 1 rings (SSSR count). The van der Waals surface area contributed by atoms with Crippen LogP contribution in [0.3, 0.4) is 0 Å². The van der Waals surface area contributed by atoms with Gasteiger partial charge in [0.2, 0.25) is 0 Å². The molecule has 0 spiro atoms. The van der Waals surface area contributed by atoms with E-state index in [2.05, 4.69) is 15.4 Å². The summed E-state index contributed by atoms with van der Waals surface area (Å²) in [6.45, 7) is 2.27. The van der Waals surface area contributed by atoms with E-state index in [1.807, 2.05) is 19.1 Å². The second kappa shape index (κ2) is 8.10. The van der Waals surface area contributed by atoms with E-state index in [0.717, 1.165) is 5.56 Å². The molecule has 2 amide bonds. The van der Waals surface area contributed by atoms with Gasteiger partial charge in [0, 0.05) is 18.7 Å². The largest absolute Gasteiger partial charge is 0.447 e. The molecular weight excluding hydrogens is 248 g/mol. The van der Waals surface area contributed by atoms with Crippen molar-refractivity contribution in [3.8, 4) is 0 Å². The van der Waals surface area contributed by atoms with E-state index in [1.54, 1.807) is 12.1 Å². The van der Waals surface area contributed by atoms with Gasteiger partial charge in [0.05, 0.1) is 6.61 Å². The first-order chi connectivity index (χ1) is 9.13. The molecule has 1 aromatic rings. The number of aliphatic hydroxyl groups excluding tert-OH is 1. The Hall–Kier alpha value is -2.08. The smallest absolute Gasteiger partial charge is 0.407 e. The third-order valence-electron chi connectivity index (χ3n) is 2.32. The van der Waals surface area contributed by atoms with Crippen LogP contribution < -0.4 is 10.6 Å². The number of aryl methyl sites for hydroxylation is 1. The van der Waals surface area contributed by atoms with Gasteiger partial charge < -0.3 is 20.5 Å². The highest BCUT2D eigenvalue weighted by Crippen LogP contribution is 2.02. The zero-order chi connectivity index (χ0) is 14.1. The fraction of sp³-hybridized carbons (Fsp3) is 0.385. The minimum Gasteiger partial charge on any atom is -0.447 e. The van der Waals surface area contributed by atoms with Gasteiger partial charge in [-0.15, -0.1) is 0 Å². The molecule has 0 radical (unpaired) electrons. The second-order valence-corrected chi connectivity index (χ2v) is 3.91. The summed E-state index contributed by atoms with van der Waals surface area (Å²) in [5, 5.41) is 13.6. The topological polar surface area (TPSA) is 87.7 Å². The minimum absolute atomic E-state index is 0.0401. The lowest BCUT2D eigenvalue weighted by Crippen LogP contribution is -2.35. The van der Waals surface area contributed by atoms with Crippen LogP contribution >= 0.6 is 0 Å². The summed E-state index contributed by atoms with van der Waals surface area (Å²) in [6, 6.07) is 7.21. The van der Waals surface area contributed by atoms with Gasteiger partial charge in [-0.05, 0) is 19.1 Å². The van der Waals surface area contributed by atoms with Crippen molar-refractivity contribution < 1.29 is 19.4 Å². The molecule has 0 atom stereocenters. The molecule has 0 saturated heterocycles. The summed E-state index contributed by atoms with van der Waals surface area (Å²) in [5.74, 6) is -0.189. The molecule has 0 fully saturated rings. The van der Waals surface area contributed by atoms with Crippen molar-refractivity contribution in [1.29, 1.82) is 0 Å². The van der Waals surface area contributed by atoms with E-state index >= 15 is 0 Å². The lowest BCUT2D eigenvalue weighted by atomic mass is 10.1. The summed E-state index contributed by atoms with van der Waals surface area (Å²) >= 11 is 0. The second-order valence-electron chi connectivity index (χ2n) is 3.91. The number of alkyl carbamates (subject to hydrolysis) is 1. The Morgan fingerprint density at radius 1 is 1.16 bits per heavy atom. The van der Waals surface area contributed by atoms with E-state index in [-0.39, 0.29) is 25.7 Å². The Bertz CT molecular complexity index is 417. The molecule has 0 unspecified atom stereocenters. The van der Waals surface area contributed by atoms with Crippen LogP contribution in [-0.4, -0.2) is 43.4 Å². The molecule has 19 heavy (non-hydrogen) atoms. The van der Waals surface area contributed by atoms with Crippen LogP contribution in [0, 0.1) is 6.92 Å². The van der Waals surface area contributed by atoms with Crippen LogP contribution in [0.25, 0.3) is 0 Å². The first kappa shape index (κ1) is 15.0. The molecular formula is C13H18N2O4. The zero-order valence-corrected chi connectivity index (χ0v) is 10.8. The number of benzene rings is 1. The Balaban J connectivity index is 2.20. The fourth-order valence-corrected chi connectivity index (χ4v) is 1.34. The molecule has 0 saturated carbocycles. The zero-order valence-electron chi connectivity index (χ0n) is 10.8. The predicted octanol–water partition coefficient (Wildman–Crippen LogP) is 0.443. The third kappa shape index (κ3) is 5.87. The Morgan fingerprint density at radius 2 is 1.79 bits per heavy atom. The fourth-order valence-electron chi connectivity index (χ4n) is 1.34. The number of carbonyl (C=O) groups excluding carboxylic acids is 2. The first-order valence-corrected chi connectivity index (χ1v) is 6.00.